The number of halogens is 4. The molecule has 0 spiro atoms. The van der Waals surface area contributed by atoms with E-state index in [1.165, 1.54) is 0 Å². The molecule has 0 aromatic heterocycles. The number of rotatable bonds is 4. The number of carboxylic acids is 1. The van der Waals surface area contributed by atoms with Crippen LogP contribution >= 0.6 is 11.6 Å². The number of benzene rings is 3. The zero-order valence-corrected chi connectivity index (χ0v) is 21.3. The van der Waals surface area contributed by atoms with E-state index < -0.39 is 12.1 Å². The van der Waals surface area contributed by atoms with Crippen LogP contribution in [0.1, 0.15) is 21.5 Å². The fourth-order valence-corrected chi connectivity index (χ4v) is 3.85. The maximum Gasteiger partial charge on any atom is 0.490 e. The van der Waals surface area contributed by atoms with Crippen molar-refractivity contribution < 1.29 is 32.7 Å². The Kier molecular flexibility index (Phi) is 9.00. The summed E-state index contributed by atoms with van der Waals surface area (Å²) in [6.07, 6.45) is -5.08. The van der Waals surface area contributed by atoms with Crippen LogP contribution in [0, 0.1) is 0 Å². The highest BCUT2D eigenvalue weighted by atomic mass is 35.5. The first kappa shape index (κ1) is 28.5. The van der Waals surface area contributed by atoms with E-state index in [4.69, 9.17) is 21.5 Å². The van der Waals surface area contributed by atoms with E-state index in [0.717, 1.165) is 22.5 Å². The third-order valence-electron chi connectivity index (χ3n) is 5.69. The largest absolute Gasteiger partial charge is 0.490 e. The van der Waals surface area contributed by atoms with Crippen molar-refractivity contribution in [1.82, 2.24) is 4.90 Å². The summed E-state index contributed by atoms with van der Waals surface area (Å²) in [6, 6.07) is 22.7. The lowest BCUT2D eigenvalue weighted by atomic mass is 10.1. The van der Waals surface area contributed by atoms with Crippen LogP contribution in [0.2, 0.25) is 5.02 Å². The topological polar surface area (TPSA) is 81.2 Å². The highest BCUT2D eigenvalue weighted by Crippen LogP contribution is 2.28. The van der Waals surface area contributed by atoms with Crippen molar-refractivity contribution >= 4 is 40.8 Å². The summed E-state index contributed by atoms with van der Waals surface area (Å²) in [5, 5.41) is 7.69. The number of carboxylic acid groups (broad SMARTS) is 1. The van der Waals surface area contributed by atoms with Crippen molar-refractivity contribution in [3.63, 3.8) is 0 Å². The van der Waals surface area contributed by atoms with Crippen LogP contribution in [0.15, 0.2) is 72.8 Å². The van der Waals surface area contributed by atoms with Gasteiger partial charge in [0.1, 0.15) is 6.54 Å². The van der Waals surface area contributed by atoms with Gasteiger partial charge in [0.25, 0.3) is 5.91 Å². The monoisotopic (exact) mass is 547 g/mol. The van der Waals surface area contributed by atoms with Gasteiger partial charge in [-0.05, 0) is 53.6 Å². The minimum Gasteiger partial charge on any atom is -0.475 e. The van der Waals surface area contributed by atoms with Gasteiger partial charge in [-0.25, -0.2) is 4.79 Å². The third kappa shape index (κ3) is 7.25. The van der Waals surface area contributed by atoms with Gasteiger partial charge in [0.05, 0.1) is 6.54 Å². The number of para-hydroxylation sites is 1. The Morgan fingerprint density at radius 1 is 0.947 bits per heavy atom. The van der Waals surface area contributed by atoms with E-state index in [-0.39, 0.29) is 18.4 Å². The molecule has 2 amide bonds. The number of anilines is 2. The highest BCUT2D eigenvalue weighted by molar-refractivity contribution is 6.30. The zero-order valence-electron chi connectivity index (χ0n) is 20.6. The summed E-state index contributed by atoms with van der Waals surface area (Å²) < 4.78 is 31.7. The number of alkyl halides is 3. The lowest BCUT2D eigenvalue weighted by molar-refractivity contribution is -0.192. The van der Waals surface area contributed by atoms with Crippen LogP contribution in [0.25, 0.3) is 0 Å². The molecule has 1 aliphatic rings. The molecule has 0 saturated carbocycles. The van der Waals surface area contributed by atoms with Crippen molar-refractivity contribution in [2.24, 2.45) is 0 Å². The molecular weight excluding hydrogens is 523 g/mol. The lowest BCUT2D eigenvalue weighted by Crippen LogP contribution is -2.39. The first-order valence-corrected chi connectivity index (χ1v) is 11.7. The van der Waals surface area contributed by atoms with Gasteiger partial charge in [0, 0.05) is 42.6 Å². The molecule has 38 heavy (non-hydrogen) atoms. The molecule has 0 saturated heterocycles. The molecule has 11 heteroatoms. The molecule has 1 aliphatic heterocycles. The zero-order chi connectivity index (χ0) is 28.0. The standard InChI is InChI=1S/C25H24ClN3O2.C2HF3O2/c1-27(2)22-13-7-18(8-14-22)15-29-23-6-4-3-5-20(23)16-28(17-24(29)30)25(31)19-9-11-21(26)12-10-19;3-2(4,5)1(6)7/h3-14H,15-17H2,1-2H3;(H,6,7). The Labute approximate surface area is 222 Å². The number of hydrogen-bond donors (Lipinski definition) is 1. The molecule has 1 N–H and O–H groups in total. The fraction of sp³-hybridized carbons (Fsp3) is 0.222. The van der Waals surface area contributed by atoms with Crippen LogP contribution in [0.5, 0.6) is 0 Å². The van der Waals surface area contributed by atoms with Crippen LogP contribution in [0.4, 0.5) is 24.5 Å². The molecule has 3 aromatic carbocycles. The van der Waals surface area contributed by atoms with Crippen molar-refractivity contribution in [1.29, 1.82) is 0 Å². The molecule has 0 bridgehead atoms. The Hall–Kier alpha value is -4.05. The molecule has 0 fully saturated rings. The third-order valence-corrected chi connectivity index (χ3v) is 5.94. The number of fused-ring (bicyclic) bond motifs is 1. The Morgan fingerprint density at radius 2 is 1.53 bits per heavy atom. The van der Waals surface area contributed by atoms with Gasteiger partial charge < -0.3 is 19.8 Å². The predicted octanol–water partition coefficient (Wildman–Crippen LogP) is 5.23. The van der Waals surface area contributed by atoms with E-state index in [9.17, 15) is 22.8 Å². The summed E-state index contributed by atoms with van der Waals surface area (Å²) >= 11 is 5.95. The Morgan fingerprint density at radius 3 is 2.08 bits per heavy atom. The molecular formula is C27H25ClF3N3O4. The van der Waals surface area contributed by atoms with Crippen LogP contribution in [-0.4, -0.2) is 54.6 Å². The summed E-state index contributed by atoms with van der Waals surface area (Å²) in [4.78, 5) is 40.7. The van der Waals surface area contributed by atoms with E-state index in [0.29, 0.717) is 23.7 Å². The average molecular weight is 548 g/mol. The number of carbonyl (C=O) groups excluding carboxylic acids is 2. The number of amides is 2. The van der Waals surface area contributed by atoms with Gasteiger partial charge in [0.2, 0.25) is 5.91 Å². The maximum absolute atomic E-state index is 13.3. The second-order valence-corrected chi connectivity index (χ2v) is 9.08. The summed E-state index contributed by atoms with van der Waals surface area (Å²) in [6.45, 7) is 0.845. The molecule has 7 nitrogen and oxygen atoms in total. The van der Waals surface area contributed by atoms with Crippen molar-refractivity contribution in [3.05, 3.63) is 94.5 Å². The van der Waals surface area contributed by atoms with Gasteiger partial charge >= 0.3 is 12.1 Å². The first-order chi connectivity index (χ1) is 17.9. The van der Waals surface area contributed by atoms with Crippen molar-refractivity contribution in [2.75, 3.05) is 30.4 Å². The number of hydrogen-bond acceptors (Lipinski definition) is 4. The van der Waals surface area contributed by atoms with Crippen LogP contribution < -0.4 is 9.80 Å². The van der Waals surface area contributed by atoms with Gasteiger partial charge in [0.15, 0.2) is 0 Å². The first-order valence-electron chi connectivity index (χ1n) is 11.4. The van der Waals surface area contributed by atoms with E-state index in [2.05, 4.69) is 0 Å². The normalized spacial score (nSPS) is 13.2. The molecule has 200 valence electrons. The predicted molar refractivity (Wildman–Crippen MR) is 138 cm³/mol. The van der Waals surface area contributed by atoms with Gasteiger partial charge in [-0.2, -0.15) is 13.2 Å². The van der Waals surface area contributed by atoms with Crippen molar-refractivity contribution in [2.45, 2.75) is 19.3 Å². The molecule has 3 aromatic rings. The SMILES string of the molecule is CN(C)c1ccc(CN2C(=O)CN(C(=O)c3ccc(Cl)cc3)Cc3ccccc32)cc1.O=C(O)C(F)(F)F. The fourth-order valence-electron chi connectivity index (χ4n) is 3.73. The van der Waals surface area contributed by atoms with Gasteiger partial charge in [-0.3, -0.25) is 9.59 Å². The second kappa shape index (κ2) is 12.0. The van der Waals surface area contributed by atoms with Crippen LogP contribution in [0.3, 0.4) is 0 Å². The number of nitrogens with zero attached hydrogens (tertiary/aromatic N) is 3. The minimum atomic E-state index is -5.08. The maximum atomic E-state index is 13.3. The summed E-state index contributed by atoms with van der Waals surface area (Å²) in [5.41, 5.74) is 4.44. The van der Waals surface area contributed by atoms with Gasteiger partial charge in [-0.15, -0.1) is 0 Å². The highest BCUT2D eigenvalue weighted by Gasteiger charge is 2.38. The number of aliphatic carboxylic acids is 1. The van der Waals surface area contributed by atoms with E-state index in [1.807, 2.05) is 67.5 Å². The minimum absolute atomic E-state index is 0.0198. The molecule has 0 radical (unpaired) electrons. The molecule has 0 aliphatic carbocycles. The second-order valence-electron chi connectivity index (χ2n) is 8.64. The molecule has 4 rings (SSSR count). The van der Waals surface area contributed by atoms with E-state index >= 15 is 0 Å². The summed E-state index contributed by atoms with van der Waals surface area (Å²) in [7, 11) is 3.99. The quantitative estimate of drug-likeness (QED) is 0.484. The molecule has 1 heterocycles. The van der Waals surface area contributed by atoms with E-state index in [1.54, 1.807) is 34.1 Å². The molecule has 0 atom stereocenters. The summed E-state index contributed by atoms with van der Waals surface area (Å²) in [5.74, 6) is -3.05. The lowest BCUT2D eigenvalue weighted by Gasteiger charge is -2.23. The number of carbonyl (C=O) groups is 3. The molecule has 0 unspecified atom stereocenters. The van der Waals surface area contributed by atoms with Crippen molar-refractivity contribution in [3.8, 4) is 0 Å². The Balaban J connectivity index is 0.000000505. The average Bonchev–Trinajstić information content (AvgIpc) is 3.00. The van der Waals surface area contributed by atoms with Crippen LogP contribution in [-0.2, 0) is 22.7 Å². The Bertz CT molecular complexity index is 1300. The van der Waals surface area contributed by atoms with Gasteiger partial charge in [-0.1, -0.05) is 41.9 Å². The smallest absolute Gasteiger partial charge is 0.475 e.